The van der Waals surface area contributed by atoms with Crippen molar-refractivity contribution in [2.45, 2.75) is 25.3 Å². The molecule has 1 fully saturated rings. The maximum atomic E-state index is 12.5. The molecule has 20 heavy (non-hydrogen) atoms. The van der Waals surface area contributed by atoms with Gasteiger partial charge in [-0.05, 0) is 31.0 Å². The molecule has 2 aliphatic rings. The Labute approximate surface area is 118 Å². The standard InChI is InChI=1S/C15H20N2O3/c16-12-3-1-6-17(10-12)15(18)11-4-5-13-14(9-11)20-8-2-7-19-13/h4-5,9,12H,1-3,6-8,10,16H2. The summed E-state index contributed by atoms with van der Waals surface area (Å²) in [6.45, 7) is 2.69. The zero-order valence-corrected chi connectivity index (χ0v) is 11.5. The predicted molar refractivity (Wildman–Crippen MR) is 75.2 cm³/mol. The first-order chi connectivity index (χ1) is 9.74. The molecule has 0 bridgehead atoms. The quantitative estimate of drug-likeness (QED) is 0.842. The van der Waals surface area contributed by atoms with Crippen LogP contribution in [0.3, 0.4) is 0 Å². The molecule has 1 unspecified atom stereocenters. The molecule has 2 N–H and O–H groups in total. The SMILES string of the molecule is NC1CCCN(C(=O)c2ccc3c(c2)OCCCO3)C1. The molecule has 1 saturated heterocycles. The number of rotatable bonds is 1. The van der Waals surface area contributed by atoms with Crippen LogP contribution in [0, 0.1) is 0 Å². The van der Waals surface area contributed by atoms with Crippen LogP contribution in [-0.4, -0.2) is 43.2 Å². The second-order valence-electron chi connectivity index (χ2n) is 5.37. The second kappa shape index (κ2) is 5.71. The van der Waals surface area contributed by atoms with Crippen LogP contribution in [0.4, 0.5) is 0 Å². The van der Waals surface area contributed by atoms with Crippen LogP contribution < -0.4 is 15.2 Å². The van der Waals surface area contributed by atoms with Gasteiger partial charge in [-0.25, -0.2) is 0 Å². The van der Waals surface area contributed by atoms with Gasteiger partial charge in [-0.2, -0.15) is 0 Å². The lowest BCUT2D eigenvalue weighted by Crippen LogP contribution is -2.45. The number of piperidine rings is 1. The highest BCUT2D eigenvalue weighted by molar-refractivity contribution is 5.95. The normalized spacial score (nSPS) is 22.2. The molecule has 1 atom stereocenters. The molecule has 108 valence electrons. The van der Waals surface area contributed by atoms with Gasteiger partial charge >= 0.3 is 0 Å². The number of fused-ring (bicyclic) bond motifs is 1. The molecule has 1 aromatic rings. The van der Waals surface area contributed by atoms with Gasteiger partial charge in [0.05, 0.1) is 13.2 Å². The Bertz CT molecular complexity index is 504. The molecule has 2 aliphatic heterocycles. The van der Waals surface area contributed by atoms with Gasteiger partial charge in [0.1, 0.15) is 0 Å². The van der Waals surface area contributed by atoms with E-state index in [2.05, 4.69) is 0 Å². The molecule has 0 aromatic heterocycles. The van der Waals surface area contributed by atoms with Crippen molar-refractivity contribution in [3.8, 4) is 11.5 Å². The van der Waals surface area contributed by atoms with E-state index in [4.69, 9.17) is 15.2 Å². The van der Waals surface area contributed by atoms with E-state index in [0.717, 1.165) is 31.6 Å². The molecule has 0 radical (unpaired) electrons. The lowest BCUT2D eigenvalue weighted by Gasteiger charge is -2.30. The van der Waals surface area contributed by atoms with Crippen LogP contribution in [-0.2, 0) is 0 Å². The zero-order chi connectivity index (χ0) is 13.9. The number of carbonyl (C=O) groups is 1. The Morgan fingerprint density at radius 1 is 1.20 bits per heavy atom. The van der Waals surface area contributed by atoms with Gasteiger partial charge in [-0.1, -0.05) is 0 Å². The molecule has 2 heterocycles. The lowest BCUT2D eigenvalue weighted by molar-refractivity contribution is 0.0708. The minimum absolute atomic E-state index is 0.0239. The minimum atomic E-state index is 0.0239. The highest BCUT2D eigenvalue weighted by Gasteiger charge is 2.23. The Kier molecular flexibility index (Phi) is 3.78. The molecule has 0 aliphatic carbocycles. The summed E-state index contributed by atoms with van der Waals surface area (Å²) in [5.41, 5.74) is 6.58. The molecular formula is C15H20N2O3. The zero-order valence-electron chi connectivity index (χ0n) is 11.5. The van der Waals surface area contributed by atoms with Crippen LogP contribution >= 0.6 is 0 Å². The summed E-state index contributed by atoms with van der Waals surface area (Å²) in [6.07, 6.45) is 2.82. The van der Waals surface area contributed by atoms with E-state index in [1.807, 2.05) is 11.0 Å². The van der Waals surface area contributed by atoms with Gasteiger partial charge in [-0.3, -0.25) is 4.79 Å². The molecule has 0 saturated carbocycles. The van der Waals surface area contributed by atoms with E-state index >= 15 is 0 Å². The lowest BCUT2D eigenvalue weighted by atomic mass is 10.1. The molecule has 5 heteroatoms. The predicted octanol–water partition coefficient (Wildman–Crippen LogP) is 1.41. The van der Waals surface area contributed by atoms with Crippen LogP contribution in [0.15, 0.2) is 18.2 Å². The number of ether oxygens (including phenoxy) is 2. The average Bonchev–Trinajstić information content (AvgIpc) is 2.71. The molecule has 1 aromatic carbocycles. The highest BCUT2D eigenvalue weighted by atomic mass is 16.5. The largest absolute Gasteiger partial charge is 0.490 e. The van der Waals surface area contributed by atoms with Crippen molar-refractivity contribution in [1.82, 2.24) is 4.90 Å². The summed E-state index contributed by atoms with van der Waals surface area (Å²) in [5.74, 6) is 1.40. The van der Waals surface area contributed by atoms with Gasteiger partial charge in [0, 0.05) is 31.1 Å². The van der Waals surface area contributed by atoms with Gasteiger partial charge in [-0.15, -0.1) is 0 Å². The molecule has 1 amide bonds. The number of nitrogens with two attached hydrogens (primary N) is 1. The fourth-order valence-corrected chi connectivity index (χ4v) is 2.67. The summed E-state index contributed by atoms with van der Waals surface area (Å²) in [5, 5.41) is 0. The van der Waals surface area contributed by atoms with Crippen LogP contribution in [0.1, 0.15) is 29.6 Å². The summed E-state index contributed by atoms with van der Waals surface area (Å²) >= 11 is 0. The van der Waals surface area contributed by atoms with Crippen molar-refractivity contribution in [2.75, 3.05) is 26.3 Å². The highest BCUT2D eigenvalue weighted by Crippen LogP contribution is 2.31. The van der Waals surface area contributed by atoms with Gasteiger partial charge in [0.15, 0.2) is 11.5 Å². The molecule has 5 nitrogen and oxygen atoms in total. The fraction of sp³-hybridized carbons (Fsp3) is 0.533. The van der Waals surface area contributed by atoms with Gasteiger partial charge < -0.3 is 20.1 Å². The number of likely N-dealkylation sites (tertiary alicyclic amines) is 1. The molecule has 3 rings (SSSR count). The van der Waals surface area contributed by atoms with Gasteiger partial charge in [0.25, 0.3) is 5.91 Å². The Balaban J connectivity index is 1.79. The van der Waals surface area contributed by atoms with Gasteiger partial charge in [0.2, 0.25) is 0 Å². The maximum Gasteiger partial charge on any atom is 0.254 e. The van der Waals surface area contributed by atoms with Crippen LogP contribution in [0.25, 0.3) is 0 Å². The summed E-state index contributed by atoms with van der Waals surface area (Å²) in [7, 11) is 0. The first-order valence-corrected chi connectivity index (χ1v) is 7.18. The third kappa shape index (κ3) is 2.72. The van der Waals surface area contributed by atoms with Crippen LogP contribution in [0.5, 0.6) is 11.5 Å². The second-order valence-corrected chi connectivity index (χ2v) is 5.37. The third-order valence-electron chi connectivity index (χ3n) is 3.74. The summed E-state index contributed by atoms with van der Waals surface area (Å²) < 4.78 is 11.2. The number of benzene rings is 1. The van der Waals surface area contributed by atoms with Crippen molar-refractivity contribution in [2.24, 2.45) is 5.73 Å². The first kappa shape index (κ1) is 13.2. The monoisotopic (exact) mass is 276 g/mol. The fourth-order valence-electron chi connectivity index (χ4n) is 2.67. The number of hydrogen-bond donors (Lipinski definition) is 1. The number of amides is 1. The topological polar surface area (TPSA) is 64.8 Å². The Morgan fingerprint density at radius 2 is 2.00 bits per heavy atom. The summed E-state index contributed by atoms with van der Waals surface area (Å²) in [6, 6.07) is 5.49. The number of nitrogens with zero attached hydrogens (tertiary/aromatic N) is 1. The van der Waals surface area contributed by atoms with E-state index in [9.17, 15) is 4.79 Å². The number of hydrogen-bond acceptors (Lipinski definition) is 4. The van der Waals surface area contributed by atoms with Crippen molar-refractivity contribution >= 4 is 5.91 Å². The smallest absolute Gasteiger partial charge is 0.254 e. The van der Waals surface area contributed by atoms with E-state index in [1.165, 1.54) is 0 Å². The molecular weight excluding hydrogens is 256 g/mol. The first-order valence-electron chi connectivity index (χ1n) is 7.18. The average molecular weight is 276 g/mol. The third-order valence-corrected chi connectivity index (χ3v) is 3.74. The van der Waals surface area contributed by atoms with E-state index < -0.39 is 0 Å². The number of carbonyl (C=O) groups excluding carboxylic acids is 1. The summed E-state index contributed by atoms with van der Waals surface area (Å²) in [4.78, 5) is 14.3. The van der Waals surface area contributed by atoms with Crippen molar-refractivity contribution in [3.05, 3.63) is 23.8 Å². The maximum absolute atomic E-state index is 12.5. The van der Waals surface area contributed by atoms with Crippen molar-refractivity contribution in [3.63, 3.8) is 0 Å². The Hall–Kier alpha value is -1.75. The van der Waals surface area contributed by atoms with Crippen molar-refractivity contribution < 1.29 is 14.3 Å². The Morgan fingerprint density at radius 3 is 2.80 bits per heavy atom. The van der Waals surface area contributed by atoms with E-state index in [1.54, 1.807) is 12.1 Å². The van der Waals surface area contributed by atoms with Crippen LogP contribution in [0.2, 0.25) is 0 Å². The van der Waals surface area contributed by atoms with E-state index in [0.29, 0.717) is 31.1 Å². The molecule has 0 spiro atoms. The minimum Gasteiger partial charge on any atom is -0.490 e. The van der Waals surface area contributed by atoms with E-state index in [-0.39, 0.29) is 11.9 Å². The van der Waals surface area contributed by atoms with Crippen molar-refractivity contribution in [1.29, 1.82) is 0 Å².